The van der Waals surface area contributed by atoms with E-state index in [2.05, 4.69) is 11.9 Å². The molecule has 0 aliphatic heterocycles. The maximum absolute atomic E-state index is 11.8. The molecule has 94 valence electrons. The molecule has 2 N–H and O–H groups in total. The van der Waals surface area contributed by atoms with Crippen LogP contribution < -0.4 is 5.32 Å². The Balaban J connectivity index is 4.76. The lowest BCUT2D eigenvalue weighted by atomic mass is 10.0. The monoisotopic (exact) mass is 237 g/mol. The molecule has 0 aliphatic carbocycles. The van der Waals surface area contributed by atoms with Crippen LogP contribution in [0.4, 0.5) is 0 Å². The number of allylic oxidation sites excluding steroid dienone is 3. The number of hydrogen-bond acceptors (Lipinski definition) is 2. The minimum atomic E-state index is -1.03. The predicted molar refractivity (Wildman–Crippen MR) is 67.5 cm³/mol. The molecule has 0 bridgehead atoms. The summed E-state index contributed by atoms with van der Waals surface area (Å²) in [6.07, 6.45) is 6.38. The molecule has 0 fully saturated rings. The summed E-state index contributed by atoms with van der Waals surface area (Å²) in [7, 11) is 0. The second-order valence-corrected chi connectivity index (χ2v) is 3.87. The highest BCUT2D eigenvalue weighted by molar-refractivity contribution is 5.98. The van der Waals surface area contributed by atoms with E-state index in [9.17, 15) is 9.59 Å². The summed E-state index contributed by atoms with van der Waals surface area (Å²) in [6, 6.07) is -0.880. The van der Waals surface area contributed by atoms with Crippen LogP contribution in [0.2, 0.25) is 0 Å². The average molecular weight is 237 g/mol. The van der Waals surface area contributed by atoms with Crippen LogP contribution in [0.15, 0.2) is 36.5 Å². The molecule has 0 aromatic heterocycles. The number of carbonyl (C=O) groups is 2. The third-order valence-corrected chi connectivity index (χ3v) is 2.20. The zero-order valence-electron chi connectivity index (χ0n) is 10.4. The van der Waals surface area contributed by atoms with Crippen LogP contribution in [0.5, 0.6) is 0 Å². The summed E-state index contributed by atoms with van der Waals surface area (Å²) in [5.74, 6) is -1.60. The molecule has 1 unspecified atom stereocenters. The van der Waals surface area contributed by atoms with E-state index in [1.165, 1.54) is 0 Å². The van der Waals surface area contributed by atoms with Gasteiger partial charge in [-0.15, -0.1) is 0 Å². The fourth-order valence-corrected chi connectivity index (χ4v) is 1.21. The molecular formula is C13H19NO3. The number of nitrogens with one attached hydrogen (secondary N) is 1. The van der Waals surface area contributed by atoms with Gasteiger partial charge in [-0.1, -0.05) is 38.7 Å². The molecule has 1 atom stereocenters. The van der Waals surface area contributed by atoms with Crippen molar-refractivity contribution in [2.75, 3.05) is 0 Å². The molecular weight excluding hydrogens is 218 g/mol. The van der Waals surface area contributed by atoms with E-state index in [0.29, 0.717) is 5.57 Å². The molecule has 0 saturated heterocycles. The Morgan fingerprint density at radius 1 is 1.35 bits per heavy atom. The van der Waals surface area contributed by atoms with Gasteiger partial charge >= 0.3 is 5.97 Å². The zero-order valence-corrected chi connectivity index (χ0v) is 10.4. The second-order valence-electron chi connectivity index (χ2n) is 3.87. The Bertz CT molecular complexity index is 354. The van der Waals surface area contributed by atoms with Crippen LogP contribution in [0.25, 0.3) is 0 Å². The van der Waals surface area contributed by atoms with Gasteiger partial charge in [-0.3, -0.25) is 4.79 Å². The topological polar surface area (TPSA) is 66.4 Å². The summed E-state index contributed by atoms with van der Waals surface area (Å²) in [5.41, 5.74) is 0.414. The van der Waals surface area contributed by atoms with Gasteiger partial charge in [-0.2, -0.15) is 0 Å². The number of rotatable bonds is 6. The Kier molecular flexibility index (Phi) is 6.63. The highest BCUT2D eigenvalue weighted by Gasteiger charge is 2.23. The smallest absolute Gasteiger partial charge is 0.326 e. The van der Waals surface area contributed by atoms with Crippen LogP contribution >= 0.6 is 0 Å². The van der Waals surface area contributed by atoms with E-state index in [1.54, 1.807) is 45.1 Å². The van der Waals surface area contributed by atoms with Crippen molar-refractivity contribution in [3.8, 4) is 0 Å². The second kappa shape index (κ2) is 7.44. The SMILES string of the molecule is C=C/C=C\C(=C/C)C(=O)NC(C(=O)O)C(C)C. The van der Waals surface area contributed by atoms with Crippen molar-refractivity contribution in [2.24, 2.45) is 5.92 Å². The van der Waals surface area contributed by atoms with Gasteiger partial charge in [0.15, 0.2) is 0 Å². The minimum absolute atomic E-state index is 0.169. The van der Waals surface area contributed by atoms with Gasteiger partial charge in [0.2, 0.25) is 0 Å². The summed E-state index contributed by atoms with van der Waals surface area (Å²) in [5, 5.41) is 11.4. The maximum Gasteiger partial charge on any atom is 0.326 e. The molecule has 0 saturated carbocycles. The molecule has 0 heterocycles. The van der Waals surface area contributed by atoms with Gasteiger partial charge in [-0.05, 0) is 18.9 Å². The van der Waals surface area contributed by atoms with Crippen molar-refractivity contribution in [1.29, 1.82) is 0 Å². The Morgan fingerprint density at radius 3 is 2.29 bits per heavy atom. The van der Waals surface area contributed by atoms with Crippen molar-refractivity contribution in [2.45, 2.75) is 26.8 Å². The zero-order chi connectivity index (χ0) is 13.4. The molecule has 17 heavy (non-hydrogen) atoms. The third-order valence-electron chi connectivity index (χ3n) is 2.20. The van der Waals surface area contributed by atoms with E-state index >= 15 is 0 Å². The lowest BCUT2D eigenvalue weighted by molar-refractivity contribution is -0.142. The number of carbonyl (C=O) groups excluding carboxylic acids is 1. The van der Waals surface area contributed by atoms with Crippen LogP contribution in [0, 0.1) is 5.92 Å². The predicted octanol–water partition coefficient (Wildman–Crippen LogP) is 1.90. The van der Waals surface area contributed by atoms with E-state index in [0.717, 1.165) is 0 Å². The van der Waals surface area contributed by atoms with Crippen LogP contribution in [-0.4, -0.2) is 23.0 Å². The standard InChI is InChI=1S/C13H19NO3/c1-5-7-8-10(6-2)12(15)14-11(9(3)4)13(16)17/h5-9,11H,1H2,2-4H3,(H,14,15)(H,16,17)/b8-7-,10-6+. The first kappa shape index (κ1) is 15.2. The highest BCUT2D eigenvalue weighted by atomic mass is 16.4. The first-order valence-corrected chi connectivity index (χ1v) is 5.43. The Morgan fingerprint density at radius 2 is 1.94 bits per heavy atom. The number of carboxylic acid groups (broad SMARTS) is 1. The summed E-state index contributed by atoms with van der Waals surface area (Å²) in [6.45, 7) is 8.71. The number of aliphatic carboxylic acids is 1. The highest BCUT2D eigenvalue weighted by Crippen LogP contribution is 2.05. The fourth-order valence-electron chi connectivity index (χ4n) is 1.21. The van der Waals surface area contributed by atoms with Crippen molar-refractivity contribution in [3.05, 3.63) is 36.5 Å². The van der Waals surface area contributed by atoms with Crippen molar-refractivity contribution in [3.63, 3.8) is 0 Å². The molecule has 4 nitrogen and oxygen atoms in total. The normalized spacial score (nSPS) is 13.8. The van der Waals surface area contributed by atoms with Gasteiger partial charge in [0.25, 0.3) is 5.91 Å². The van der Waals surface area contributed by atoms with Crippen LogP contribution in [0.3, 0.4) is 0 Å². The third kappa shape index (κ3) is 5.15. The molecule has 0 aromatic rings. The summed E-state index contributed by atoms with van der Waals surface area (Å²) < 4.78 is 0. The summed E-state index contributed by atoms with van der Waals surface area (Å²) >= 11 is 0. The molecule has 4 heteroatoms. The lowest BCUT2D eigenvalue weighted by Crippen LogP contribution is -2.44. The molecule has 0 aromatic carbocycles. The van der Waals surface area contributed by atoms with Gasteiger partial charge in [-0.25, -0.2) is 4.79 Å². The molecule has 0 spiro atoms. The Labute approximate surface area is 102 Å². The first-order chi connectivity index (χ1) is 7.93. The lowest BCUT2D eigenvalue weighted by Gasteiger charge is -2.18. The number of amides is 1. The minimum Gasteiger partial charge on any atom is -0.480 e. The first-order valence-electron chi connectivity index (χ1n) is 5.43. The van der Waals surface area contributed by atoms with Crippen molar-refractivity contribution < 1.29 is 14.7 Å². The Hall–Kier alpha value is -1.84. The number of hydrogen-bond donors (Lipinski definition) is 2. The van der Waals surface area contributed by atoms with Crippen LogP contribution in [0.1, 0.15) is 20.8 Å². The van der Waals surface area contributed by atoms with E-state index in [-0.39, 0.29) is 5.92 Å². The van der Waals surface area contributed by atoms with Crippen LogP contribution in [-0.2, 0) is 9.59 Å². The van der Waals surface area contributed by atoms with Gasteiger partial charge < -0.3 is 10.4 Å². The molecule has 0 aliphatic rings. The van der Waals surface area contributed by atoms with Crippen molar-refractivity contribution in [1.82, 2.24) is 5.32 Å². The van der Waals surface area contributed by atoms with E-state index < -0.39 is 17.9 Å². The van der Waals surface area contributed by atoms with Gasteiger partial charge in [0.05, 0.1) is 0 Å². The van der Waals surface area contributed by atoms with Crippen molar-refractivity contribution >= 4 is 11.9 Å². The van der Waals surface area contributed by atoms with Gasteiger partial charge in [0, 0.05) is 5.57 Å². The number of carboxylic acids is 1. The quantitative estimate of drug-likeness (QED) is 0.547. The van der Waals surface area contributed by atoms with E-state index in [4.69, 9.17) is 5.11 Å². The van der Waals surface area contributed by atoms with Gasteiger partial charge in [0.1, 0.15) is 6.04 Å². The summed E-state index contributed by atoms with van der Waals surface area (Å²) in [4.78, 5) is 22.7. The maximum atomic E-state index is 11.8. The molecule has 0 rings (SSSR count). The largest absolute Gasteiger partial charge is 0.480 e. The van der Waals surface area contributed by atoms with E-state index in [1.807, 2.05) is 0 Å². The molecule has 0 radical (unpaired) electrons. The fraction of sp³-hybridized carbons (Fsp3) is 0.385. The molecule has 1 amide bonds. The average Bonchev–Trinajstić information content (AvgIpc) is 2.26.